The van der Waals surface area contributed by atoms with Crippen LogP contribution in [0, 0.1) is 55.4 Å². The molecule has 0 atom stereocenters. The van der Waals surface area contributed by atoms with E-state index < -0.39 is 20.0 Å². The second-order valence-electron chi connectivity index (χ2n) is 11.3. The molecule has 0 saturated heterocycles. The van der Waals surface area contributed by atoms with Gasteiger partial charge in [0.2, 0.25) is 0 Å². The first-order chi connectivity index (χ1) is 22.6. The van der Waals surface area contributed by atoms with Gasteiger partial charge < -0.3 is 48.0 Å². The first-order valence-corrected chi connectivity index (χ1v) is 24.2. The minimum Gasteiger partial charge on any atom is -1.00 e. The van der Waals surface area contributed by atoms with E-state index in [1.807, 2.05) is 128 Å². The second-order valence-corrected chi connectivity index (χ2v) is 14.6. The molecule has 14 heteroatoms. The molecule has 272 valence electrons. The van der Waals surface area contributed by atoms with Gasteiger partial charge in [-0.1, -0.05) is 83.9 Å². The largest absolute Gasteiger partial charge is 1.00 e. The molecule has 2 aromatic heterocycles. The average Bonchev–Trinajstić information content (AvgIpc) is 2.98. The van der Waals surface area contributed by atoms with Gasteiger partial charge >= 0.3 is 20.0 Å². The van der Waals surface area contributed by atoms with Crippen LogP contribution in [0.25, 0.3) is 0 Å². The number of anilines is 2. The topological polar surface area (TPSA) is 121 Å². The highest BCUT2D eigenvalue weighted by atomic mass is 128. The number of aryl methyl sites for hydroxylation is 8. The molecule has 0 unspecified atom stereocenters. The highest BCUT2D eigenvalue weighted by Gasteiger charge is 2.26. The molecule has 0 fully saturated rings. The third-order valence-corrected chi connectivity index (χ3v) is 10.1. The number of H-pyrrole nitrogens is 2. The summed E-state index contributed by atoms with van der Waals surface area (Å²) in [6.45, 7) is 14.9. The summed E-state index contributed by atoms with van der Waals surface area (Å²) in [5.74, 6) is 0.925. The molecule has 0 spiro atoms. The molecule has 0 aliphatic heterocycles. The summed E-state index contributed by atoms with van der Waals surface area (Å²) in [6.07, 6.45) is 0. The number of benzene rings is 3. The van der Waals surface area contributed by atoms with Crippen molar-refractivity contribution in [3.8, 4) is 0 Å². The van der Waals surface area contributed by atoms with Crippen LogP contribution in [-0.2, 0) is 20.0 Å². The average molecular weight is 1170 g/mol. The Bertz CT molecular complexity index is 1830. The molecule has 2 heterocycles. The molecule has 5 rings (SSSR count). The second kappa shape index (κ2) is 23.1. The highest BCUT2D eigenvalue weighted by Crippen LogP contribution is 2.24. The first kappa shape index (κ1) is 48.4. The van der Waals surface area contributed by atoms with Crippen molar-refractivity contribution in [3.63, 3.8) is 0 Å². The predicted molar refractivity (Wildman–Crippen MR) is 213 cm³/mol. The monoisotopic (exact) mass is 1170 g/mol. The van der Waals surface area contributed by atoms with Crippen molar-refractivity contribution in [1.29, 1.82) is 0 Å². The Balaban J connectivity index is 0.000000763. The number of rotatable bonds is 6. The Morgan fingerprint density at radius 1 is 0.460 bits per heavy atom. The standard InChI is InChI=1S/2C15H18N2O2S.C6H6.I2.2HI/c2*1-10-8-11(2)15(12(3)9-10)20(18,19)17-14-7-5-6-13(4)16-14;1-2-4-6-5-3-1;1-2;;/h2*5-9H,1-4H3,(H,16,17);1-6H;;2*1H. The fourth-order valence-electron chi connectivity index (χ4n) is 5.25. The van der Waals surface area contributed by atoms with Gasteiger partial charge in [-0.25, -0.2) is 9.97 Å². The van der Waals surface area contributed by atoms with Crippen LogP contribution in [0.3, 0.4) is 0 Å². The molecule has 4 N–H and O–H groups in total. The van der Waals surface area contributed by atoms with E-state index >= 15 is 0 Å². The number of halogens is 4. The predicted octanol–water partition coefficient (Wildman–Crippen LogP) is 2.54. The minimum atomic E-state index is -3.59. The van der Waals surface area contributed by atoms with Gasteiger partial charge in [-0.3, -0.25) is 0 Å². The van der Waals surface area contributed by atoms with Crippen molar-refractivity contribution in [2.24, 2.45) is 0 Å². The number of hydrogen-bond acceptors (Lipinski definition) is 4. The van der Waals surface area contributed by atoms with E-state index in [4.69, 9.17) is 0 Å². The number of aromatic amines is 2. The summed E-state index contributed by atoms with van der Waals surface area (Å²) < 4.78 is 55.3. The zero-order chi connectivity index (χ0) is 36.1. The van der Waals surface area contributed by atoms with E-state index in [-0.39, 0.29) is 48.0 Å². The van der Waals surface area contributed by atoms with Gasteiger partial charge in [0.15, 0.2) is 0 Å². The Hall–Kier alpha value is -1.62. The van der Waals surface area contributed by atoms with Crippen molar-refractivity contribution in [2.45, 2.75) is 65.2 Å². The number of nitrogens with one attached hydrogen (secondary N) is 4. The SMILES string of the molecule is Cc1cc(C)c(S(=O)(=O)Nc2cccc(C)[nH+]2)c(C)c1.Cc1cc(C)c(S(=O)(=O)Nc2cccc(C)[nH+]2)c(C)c1.II.[I-].[I-].c1ccccc1. The lowest BCUT2D eigenvalue weighted by Crippen LogP contribution is -3.00. The molecule has 3 aromatic carbocycles. The fourth-order valence-corrected chi connectivity index (χ4v) is 8.20. The maximum absolute atomic E-state index is 12.5. The van der Waals surface area contributed by atoms with Gasteiger partial charge in [-0.2, -0.15) is 26.3 Å². The summed E-state index contributed by atoms with van der Waals surface area (Å²) in [7, 11) is -7.18. The summed E-state index contributed by atoms with van der Waals surface area (Å²) in [6, 6.07) is 30.3. The smallest absolute Gasteiger partial charge is 0.329 e. The van der Waals surface area contributed by atoms with E-state index in [1.165, 1.54) is 0 Å². The van der Waals surface area contributed by atoms with Crippen molar-refractivity contribution in [1.82, 2.24) is 0 Å². The first-order valence-electron chi connectivity index (χ1n) is 14.9. The normalized spacial score (nSPS) is 10.2. The van der Waals surface area contributed by atoms with Gasteiger partial charge in [-0.05, 0) is 89.8 Å². The summed E-state index contributed by atoms with van der Waals surface area (Å²) in [5.41, 5.74) is 6.91. The van der Waals surface area contributed by atoms with Crippen LogP contribution < -0.4 is 67.4 Å². The third-order valence-electron chi connectivity index (χ3n) is 6.78. The Kier molecular flexibility index (Phi) is 22.4. The van der Waals surface area contributed by atoms with E-state index in [1.54, 1.807) is 24.3 Å². The quantitative estimate of drug-likeness (QED) is 0.255. The van der Waals surface area contributed by atoms with Crippen molar-refractivity contribution >= 4 is 68.9 Å². The molecule has 0 saturated carbocycles. The van der Waals surface area contributed by atoms with Gasteiger partial charge in [0.1, 0.15) is 9.79 Å². The zero-order valence-electron chi connectivity index (χ0n) is 29.2. The number of pyridine rings is 2. The van der Waals surface area contributed by atoms with Crippen LogP contribution in [0.1, 0.15) is 44.8 Å². The fraction of sp³-hybridized carbons (Fsp3) is 0.222. The van der Waals surface area contributed by atoms with Gasteiger partial charge in [-0.15, -0.1) is 0 Å². The van der Waals surface area contributed by atoms with Gasteiger partial charge in [0, 0.05) is 49.4 Å². The van der Waals surface area contributed by atoms with Crippen LogP contribution in [0.2, 0.25) is 0 Å². The maximum atomic E-state index is 12.5. The Morgan fingerprint density at radius 3 is 0.960 bits per heavy atom. The van der Waals surface area contributed by atoms with E-state index in [2.05, 4.69) is 56.6 Å². The van der Waals surface area contributed by atoms with Gasteiger partial charge in [0.05, 0.1) is 11.4 Å². The zero-order valence-corrected chi connectivity index (χ0v) is 39.5. The molecule has 0 aliphatic rings. The lowest BCUT2D eigenvalue weighted by atomic mass is 10.1. The molecular formula is C36H44I4N4O4S2. The number of hydrogen-bond donors (Lipinski definition) is 2. The Morgan fingerprint density at radius 2 is 0.720 bits per heavy atom. The van der Waals surface area contributed by atoms with Gasteiger partial charge in [0.25, 0.3) is 11.6 Å². The lowest BCUT2D eigenvalue weighted by molar-refractivity contribution is -0.370. The van der Waals surface area contributed by atoms with Crippen LogP contribution in [0.5, 0.6) is 0 Å². The highest BCUT2D eigenvalue weighted by molar-refractivity contribution is 15.0. The van der Waals surface area contributed by atoms with Crippen LogP contribution in [0.15, 0.2) is 107 Å². The summed E-state index contributed by atoms with van der Waals surface area (Å²) in [5, 5.41) is 0. The summed E-state index contributed by atoms with van der Waals surface area (Å²) in [4.78, 5) is 6.68. The van der Waals surface area contributed by atoms with Crippen LogP contribution >= 0.6 is 37.2 Å². The van der Waals surface area contributed by atoms with E-state index in [9.17, 15) is 16.8 Å². The number of sulfonamides is 2. The molecule has 0 amide bonds. The minimum absolute atomic E-state index is 0. The van der Waals surface area contributed by atoms with Crippen LogP contribution in [0.4, 0.5) is 11.6 Å². The van der Waals surface area contributed by atoms with Crippen LogP contribution in [-0.4, -0.2) is 16.8 Å². The molecule has 0 radical (unpaired) electrons. The molecule has 50 heavy (non-hydrogen) atoms. The molecule has 0 aliphatic carbocycles. The lowest BCUT2D eigenvalue weighted by Gasteiger charge is -2.10. The molecular weight excluding hydrogens is 1120 g/mol. The van der Waals surface area contributed by atoms with Crippen molar-refractivity contribution in [2.75, 3.05) is 9.44 Å². The molecule has 0 bridgehead atoms. The Labute approximate surface area is 356 Å². The summed E-state index contributed by atoms with van der Waals surface area (Å²) >= 11 is 4.24. The van der Waals surface area contributed by atoms with E-state index in [0.29, 0.717) is 21.4 Å². The maximum Gasteiger partial charge on any atom is 0.329 e. The van der Waals surface area contributed by atoms with Crippen molar-refractivity contribution < 1.29 is 74.8 Å². The third kappa shape index (κ3) is 15.5. The molecule has 8 nitrogen and oxygen atoms in total. The van der Waals surface area contributed by atoms with Crippen molar-refractivity contribution in [3.05, 3.63) is 142 Å². The molecule has 5 aromatic rings. The number of aromatic nitrogens is 2. The van der Waals surface area contributed by atoms with E-state index in [0.717, 1.165) is 44.8 Å².